The van der Waals surface area contributed by atoms with Crippen molar-refractivity contribution in [2.45, 2.75) is 26.3 Å². The molecule has 6 heteroatoms. The van der Waals surface area contributed by atoms with Gasteiger partial charge in [-0.1, -0.05) is 25.1 Å². The van der Waals surface area contributed by atoms with Crippen molar-refractivity contribution in [1.82, 2.24) is 14.7 Å². The van der Waals surface area contributed by atoms with Gasteiger partial charge in [0.2, 0.25) is 0 Å². The van der Waals surface area contributed by atoms with Gasteiger partial charge in [0.15, 0.2) is 0 Å². The van der Waals surface area contributed by atoms with E-state index in [1.54, 1.807) is 10.9 Å². The fourth-order valence-electron chi connectivity index (χ4n) is 2.11. The number of rotatable bonds is 6. The van der Waals surface area contributed by atoms with Gasteiger partial charge >= 0.3 is 5.97 Å². The molecule has 0 aliphatic carbocycles. The van der Waals surface area contributed by atoms with Crippen LogP contribution in [0.25, 0.3) is 5.69 Å². The molecule has 0 saturated heterocycles. The van der Waals surface area contributed by atoms with Crippen molar-refractivity contribution in [3.63, 3.8) is 0 Å². The largest absolute Gasteiger partial charge is 0.480 e. The molecule has 1 amide bonds. The summed E-state index contributed by atoms with van der Waals surface area (Å²) < 4.78 is 1.60. The first-order valence-electron chi connectivity index (χ1n) is 7.15. The zero-order chi connectivity index (χ0) is 16.1. The van der Waals surface area contributed by atoms with Gasteiger partial charge in [-0.2, -0.15) is 5.10 Å². The van der Waals surface area contributed by atoms with Crippen LogP contribution in [0.2, 0.25) is 0 Å². The van der Waals surface area contributed by atoms with Gasteiger partial charge in [0.25, 0.3) is 5.91 Å². The molecule has 1 aromatic carbocycles. The topological polar surface area (TPSA) is 75.4 Å². The summed E-state index contributed by atoms with van der Waals surface area (Å²) in [6.45, 7) is 3.44. The zero-order valence-electron chi connectivity index (χ0n) is 12.6. The molecule has 0 radical (unpaired) electrons. The second-order valence-corrected chi connectivity index (χ2v) is 5.09. The molecule has 1 heterocycles. The van der Waals surface area contributed by atoms with Crippen LogP contribution in [0.3, 0.4) is 0 Å². The van der Waals surface area contributed by atoms with Crippen LogP contribution in [0.1, 0.15) is 30.6 Å². The number of carbonyl (C=O) groups excluding carboxylic acids is 1. The van der Waals surface area contributed by atoms with Crippen molar-refractivity contribution in [3.8, 4) is 5.69 Å². The van der Waals surface area contributed by atoms with Crippen LogP contribution in [0.5, 0.6) is 0 Å². The van der Waals surface area contributed by atoms with E-state index in [1.807, 2.05) is 44.2 Å². The second-order valence-electron chi connectivity index (χ2n) is 5.09. The van der Waals surface area contributed by atoms with Gasteiger partial charge in [0, 0.05) is 12.2 Å². The van der Waals surface area contributed by atoms with Crippen LogP contribution >= 0.6 is 0 Å². The molecule has 0 spiro atoms. The molecule has 2 rings (SSSR count). The van der Waals surface area contributed by atoms with E-state index < -0.39 is 5.97 Å². The first kappa shape index (κ1) is 15.8. The third-order valence-corrected chi connectivity index (χ3v) is 3.54. The number of benzene rings is 1. The highest BCUT2D eigenvalue weighted by molar-refractivity contribution is 5.95. The Morgan fingerprint density at radius 1 is 1.32 bits per heavy atom. The summed E-state index contributed by atoms with van der Waals surface area (Å²) >= 11 is 0. The first-order valence-corrected chi connectivity index (χ1v) is 7.15. The van der Waals surface area contributed by atoms with Crippen molar-refractivity contribution in [1.29, 1.82) is 0 Å². The van der Waals surface area contributed by atoms with E-state index in [0.717, 1.165) is 5.69 Å². The van der Waals surface area contributed by atoms with Crippen molar-refractivity contribution in [3.05, 3.63) is 48.3 Å². The summed E-state index contributed by atoms with van der Waals surface area (Å²) in [5.41, 5.74) is 1.22. The van der Waals surface area contributed by atoms with Crippen LogP contribution in [0.4, 0.5) is 0 Å². The number of aromatic nitrogens is 2. The lowest BCUT2D eigenvalue weighted by atomic mass is 10.2. The number of para-hydroxylation sites is 1. The fraction of sp³-hybridized carbons (Fsp3) is 0.312. The van der Waals surface area contributed by atoms with Gasteiger partial charge in [0.05, 0.1) is 17.4 Å². The van der Waals surface area contributed by atoms with E-state index in [-0.39, 0.29) is 18.5 Å². The molecule has 0 bridgehead atoms. The highest BCUT2D eigenvalue weighted by Crippen LogP contribution is 2.13. The second kappa shape index (κ2) is 6.89. The van der Waals surface area contributed by atoms with Crippen LogP contribution in [0, 0.1) is 0 Å². The summed E-state index contributed by atoms with van der Waals surface area (Å²) in [5.74, 6) is -1.34. The number of carboxylic acids is 1. The monoisotopic (exact) mass is 301 g/mol. The highest BCUT2D eigenvalue weighted by Gasteiger charge is 2.24. The van der Waals surface area contributed by atoms with E-state index in [9.17, 15) is 9.59 Å². The summed E-state index contributed by atoms with van der Waals surface area (Å²) in [5, 5.41) is 13.2. The summed E-state index contributed by atoms with van der Waals surface area (Å²) in [4.78, 5) is 24.9. The molecule has 6 nitrogen and oxygen atoms in total. The Morgan fingerprint density at radius 2 is 2.00 bits per heavy atom. The summed E-state index contributed by atoms with van der Waals surface area (Å²) in [6.07, 6.45) is 3.77. The Morgan fingerprint density at radius 3 is 2.59 bits per heavy atom. The zero-order valence-corrected chi connectivity index (χ0v) is 12.6. The Balaban J connectivity index is 2.24. The van der Waals surface area contributed by atoms with Crippen molar-refractivity contribution >= 4 is 11.9 Å². The quantitative estimate of drug-likeness (QED) is 0.887. The molecule has 0 fully saturated rings. The van der Waals surface area contributed by atoms with Crippen LogP contribution in [-0.2, 0) is 4.79 Å². The molecule has 22 heavy (non-hydrogen) atoms. The molecule has 0 aliphatic heterocycles. The van der Waals surface area contributed by atoms with Gasteiger partial charge in [-0.15, -0.1) is 0 Å². The van der Waals surface area contributed by atoms with Crippen LogP contribution in [-0.4, -0.2) is 44.3 Å². The fourth-order valence-corrected chi connectivity index (χ4v) is 2.11. The standard InChI is InChI=1S/C16H19N3O3/c1-3-12(2)18(11-15(20)21)16(22)13-9-17-19(10-13)14-7-5-4-6-8-14/h4-10,12H,3,11H2,1-2H3,(H,20,21). The molecule has 116 valence electrons. The number of hydrogen-bond donors (Lipinski definition) is 1. The normalized spacial score (nSPS) is 11.9. The molecule has 0 aliphatic rings. The predicted molar refractivity (Wildman–Crippen MR) is 82.0 cm³/mol. The minimum absolute atomic E-state index is 0.149. The number of aliphatic carboxylic acids is 1. The maximum atomic E-state index is 12.5. The van der Waals surface area contributed by atoms with Crippen molar-refractivity contribution in [2.24, 2.45) is 0 Å². The Labute approximate surface area is 129 Å². The first-order chi connectivity index (χ1) is 10.5. The lowest BCUT2D eigenvalue weighted by Crippen LogP contribution is -2.41. The molecule has 0 saturated carbocycles. The minimum atomic E-state index is -1.02. The number of hydrogen-bond acceptors (Lipinski definition) is 3. The van der Waals surface area contributed by atoms with Crippen molar-refractivity contribution in [2.75, 3.05) is 6.54 Å². The maximum Gasteiger partial charge on any atom is 0.323 e. The molecule has 1 aromatic heterocycles. The number of carboxylic acid groups (broad SMARTS) is 1. The molecule has 1 unspecified atom stereocenters. The lowest BCUT2D eigenvalue weighted by molar-refractivity contribution is -0.138. The summed E-state index contributed by atoms with van der Waals surface area (Å²) in [7, 11) is 0. The van der Waals surface area contributed by atoms with E-state index in [1.165, 1.54) is 11.1 Å². The van der Waals surface area contributed by atoms with Gasteiger partial charge in [-0.3, -0.25) is 9.59 Å². The average Bonchev–Trinajstić information content (AvgIpc) is 3.02. The Kier molecular flexibility index (Phi) is 4.93. The van der Waals surface area contributed by atoms with E-state index >= 15 is 0 Å². The lowest BCUT2D eigenvalue weighted by Gasteiger charge is -2.26. The third kappa shape index (κ3) is 3.52. The van der Waals surface area contributed by atoms with Crippen LogP contribution in [0.15, 0.2) is 42.7 Å². The highest BCUT2D eigenvalue weighted by atomic mass is 16.4. The maximum absolute atomic E-state index is 12.5. The molecular weight excluding hydrogens is 282 g/mol. The van der Waals surface area contributed by atoms with Gasteiger partial charge in [-0.05, 0) is 25.5 Å². The molecule has 2 aromatic rings. The van der Waals surface area contributed by atoms with Gasteiger partial charge < -0.3 is 10.0 Å². The van der Waals surface area contributed by atoms with E-state index in [4.69, 9.17) is 5.11 Å². The van der Waals surface area contributed by atoms with Crippen LogP contribution < -0.4 is 0 Å². The molecule has 1 atom stereocenters. The SMILES string of the molecule is CCC(C)N(CC(=O)O)C(=O)c1cnn(-c2ccccc2)c1. The number of nitrogens with zero attached hydrogens (tertiary/aromatic N) is 3. The smallest absolute Gasteiger partial charge is 0.323 e. The Hall–Kier alpha value is -2.63. The van der Waals surface area contributed by atoms with Gasteiger partial charge in [-0.25, -0.2) is 4.68 Å². The summed E-state index contributed by atoms with van der Waals surface area (Å²) in [6, 6.07) is 9.28. The third-order valence-electron chi connectivity index (χ3n) is 3.54. The molecule has 1 N–H and O–H groups in total. The predicted octanol–water partition coefficient (Wildman–Crippen LogP) is 2.20. The number of amides is 1. The Bertz CT molecular complexity index is 652. The minimum Gasteiger partial charge on any atom is -0.480 e. The van der Waals surface area contributed by atoms with Crippen molar-refractivity contribution < 1.29 is 14.7 Å². The van der Waals surface area contributed by atoms with Gasteiger partial charge in [0.1, 0.15) is 6.54 Å². The molecular formula is C16H19N3O3. The average molecular weight is 301 g/mol. The van der Waals surface area contributed by atoms with E-state index in [0.29, 0.717) is 12.0 Å². The van der Waals surface area contributed by atoms with E-state index in [2.05, 4.69) is 5.10 Å². The number of carbonyl (C=O) groups is 2.